The molecule has 2 aliphatic rings. The molecule has 2 N–H and O–H groups in total. The Kier molecular flexibility index (Phi) is 5.40. The number of fused-ring (bicyclic) bond motifs is 1. The molecule has 1 atom stereocenters. The summed E-state index contributed by atoms with van der Waals surface area (Å²) in [4.78, 5) is 33.6. The van der Waals surface area contributed by atoms with E-state index in [9.17, 15) is 14.7 Å². The zero-order chi connectivity index (χ0) is 24.8. The number of hydrogen-bond acceptors (Lipinski definition) is 5. The minimum atomic E-state index is -0.879. The van der Waals surface area contributed by atoms with Gasteiger partial charge in [-0.25, -0.2) is 0 Å². The number of piperidine rings is 1. The normalized spacial score (nSPS) is 20.5. The highest BCUT2D eigenvalue weighted by Crippen LogP contribution is 2.43. The number of aromatic amines is 1. The summed E-state index contributed by atoms with van der Waals surface area (Å²) in [7, 11) is 0. The standard InChI is InChI=1S/C29H27N3O4/c1-18-12-14-31(15-13-18)19-8-10-20(11-9-19)32-26(24-7-4-16-36-24)25(28(34)29(32)35)27(33)22-17-30-23-6-3-2-5-21(22)23/h2-11,16-18,26,30,33H,12-15H2,1H3/b27-25-. The molecule has 7 nitrogen and oxygen atoms in total. The van der Waals surface area contributed by atoms with Gasteiger partial charge < -0.3 is 19.4 Å². The van der Waals surface area contributed by atoms with Gasteiger partial charge in [0, 0.05) is 47.1 Å². The lowest BCUT2D eigenvalue weighted by Gasteiger charge is -2.32. The van der Waals surface area contributed by atoms with Crippen molar-refractivity contribution in [3.05, 3.63) is 90.0 Å². The van der Waals surface area contributed by atoms with Crippen LogP contribution in [-0.2, 0) is 9.59 Å². The predicted molar refractivity (Wildman–Crippen MR) is 139 cm³/mol. The van der Waals surface area contributed by atoms with Gasteiger partial charge in [0.15, 0.2) is 0 Å². The topological polar surface area (TPSA) is 89.8 Å². The Morgan fingerprint density at radius 3 is 2.42 bits per heavy atom. The van der Waals surface area contributed by atoms with E-state index in [0.717, 1.165) is 48.4 Å². The van der Waals surface area contributed by atoms with Crippen molar-refractivity contribution >= 4 is 39.7 Å². The third kappa shape index (κ3) is 3.59. The van der Waals surface area contributed by atoms with Crippen LogP contribution in [0.4, 0.5) is 11.4 Å². The first-order valence-electron chi connectivity index (χ1n) is 12.3. The third-order valence-corrected chi connectivity index (χ3v) is 7.38. The van der Waals surface area contributed by atoms with Crippen LogP contribution >= 0.6 is 0 Å². The fraction of sp³-hybridized carbons (Fsp3) is 0.241. The molecule has 2 aromatic carbocycles. The highest BCUT2D eigenvalue weighted by atomic mass is 16.3. The maximum atomic E-state index is 13.4. The van der Waals surface area contributed by atoms with Gasteiger partial charge in [-0.1, -0.05) is 25.1 Å². The number of nitrogens with one attached hydrogen (secondary N) is 1. The molecule has 182 valence electrons. The second-order valence-electron chi connectivity index (χ2n) is 9.62. The average molecular weight is 482 g/mol. The molecule has 4 aromatic rings. The molecule has 2 aromatic heterocycles. The van der Waals surface area contributed by atoms with Crippen molar-refractivity contribution in [2.45, 2.75) is 25.8 Å². The average Bonchev–Trinajstić information content (AvgIpc) is 3.63. The largest absolute Gasteiger partial charge is 0.507 e. The van der Waals surface area contributed by atoms with E-state index in [1.54, 1.807) is 18.3 Å². The molecule has 0 radical (unpaired) electrons. The summed E-state index contributed by atoms with van der Waals surface area (Å²) in [6.45, 7) is 4.28. The maximum absolute atomic E-state index is 13.4. The van der Waals surface area contributed by atoms with Crippen LogP contribution in [0.1, 0.15) is 37.1 Å². The summed E-state index contributed by atoms with van der Waals surface area (Å²) in [6.07, 6.45) is 5.47. The summed E-state index contributed by atoms with van der Waals surface area (Å²) < 4.78 is 5.67. The summed E-state index contributed by atoms with van der Waals surface area (Å²) >= 11 is 0. The Bertz CT molecular complexity index is 1460. The molecule has 0 aliphatic carbocycles. The van der Waals surface area contributed by atoms with Gasteiger partial charge in [0.05, 0.1) is 11.8 Å². The van der Waals surface area contributed by atoms with Crippen LogP contribution in [-0.4, -0.2) is 34.9 Å². The lowest BCUT2D eigenvalue weighted by Crippen LogP contribution is -2.33. The molecule has 2 aliphatic heterocycles. The Hall–Kier alpha value is -4.26. The minimum Gasteiger partial charge on any atom is -0.507 e. The van der Waals surface area contributed by atoms with Crippen molar-refractivity contribution in [2.24, 2.45) is 5.92 Å². The molecule has 7 heteroatoms. The number of ketones is 1. The maximum Gasteiger partial charge on any atom is 0.300 e. The van der Waals surface area contributed by atoms with E-state index in [0.29, 0.717) is 17.0 Å². The molecule has 36 heavy (non-hydrogen) atoms. The number of para-hydroxylation sites is 1. The molecule has 0 saturated carbocycles. The molecule has 4 heterocycles. The van der Waals surface area contributed by atoms with E-state index in [1.807, 2.05) is 48.5 Å². The third-order valence-electron chi connectivity index (χ3n) is 7.38. The number of carbonyl (C=O) groups is 2. The number of furan rings is 1. The van der Waals surface area contributed by atoms with Crippen LogP contribution in [0.25, 0.3) is 16.7 Å². The summed E-state index contributed by atoms with van der Waals surface area (Å²) in [5.41, 5.74) is 2.97. The van der Waals surface area contributed by atoms with E-state index >= 15 is 0 Å². The van der Waals surface area contributed by atoms with Crippen molar-refractivity contribution in [2.75, 3.05) is 22.9 Å². The van der Waals surface area contributed by atoms with E-state index in [-0.39, 0.29) is 11.3 Å². The van der Waals surface area contributed by atoms with Crippen molar-refractivity contribution in [1.29, 1.82) is 0 Å². The second-order valence-corrected chi connectivity index (χ2v) is 9.62. The van der Waals surface area contributed by atoms with Crippen LogP contribution in [0.5, 0.6) is 0 Å². The molecule has 0 bridgehead atoms. The first-order valence-corrected chi connectivity index (χ1v) is 12.3. The van der Waals surface area contributed by atoms with Gasteiger partial charge in [-0.3, -0.25) is 14.5 Å². The number of carbonyl (C=O) groups excluding carboxylic acids is 2. The SMILES string of the molecule is CC1CCN(c2ccc(N3C(=O)C(=O)/C(=C(\O)c4c[nH]c5ccccc45)C3c3ccco3)cc2)CC1. The lowest BCUT2D eigenvalue weighted by atomic mass is 9.98. The van der Waals surface area contributed by atoms with Gasteiger partial charge in [0.1, 0.15) is 17.6 Å². The van der Waals surface area contributed by atoms with Gasteiger partial charge in [-0.05, 0) is 61.2 Å². The molecule has 1 amide bonds. The van der Waals surface area contributed by atoms with Gasteiger partial charge in [0.25, 0.3) is 11.7 Å². The second kappa shape index (κ2) is 8.75. The first kappa shape index (κ1) is 22.2. The fourth-order valence-corrected chi connectivity index (χ4v) is 5.32. The van der Waals surface area contributed by atoms with Gasteiger partial charge in [-0.2, -0.15) is 0 Å². The van der Waals surface area contributed by atoms with E-state index in [1.165, 1.54) is 11.2 Å². The van der Waals surface area contributed by atoms with Crippen LogP contribution < -0.4 is 9.80 Å². The Morgan fingerprint density at radius 1 is 0.972 bits per heavy atom. The number of hydrogen-bond donors (Lipinski definition) is 2. The number of aliphatic hydroxyl groups excluding tert-OH is 1. The Balaban J connectivity index is 1.42. The number of Topliss-reactive ketones (excluding diaryl/α,β-unsaturated/α-hetero) is 1. The zero-order valence-corrected chi connectivity index (χ0v) is 20.0. The van der Waals surface area contributed by atoms with Gasteiger partial charge >= 0.3 is 0 Å². The number of nitrogens with zero attached hydrogens (tertiary/aromatic N) is 2. The quantitative estimate of drug-likeness (QED) is 0.224. The Labute approximate surface area is 208 Å². The van der Waals surface area contributed by atoms with Gasteiger partial charge in [-0.15, -0.1) is 0 Å². The van der Waals surface area contributed by atoms with Crippen molar-refractivity contribution < 1.29 is 19.1 Å². The summed E-state index contributed by atoms with van der Waals surface area (Å²) in [5.74, 6) is -0.526. The number of benzene rings is 2. The first-order chi connectivity index (χ1) is 17.5. The number of amides is 1. The summed E-state index contributed by atoms with van der Waals surface area (Å²) in [6, 6.07) is 17.7. The molecule has 0 spiro atoms. The molecule has 2 saturated heterocycles. The van der Waals surface area contributed by atoms with Gasteiger partial charge in [0.2, 0.25) is 0 Å². The number of aromatic nitrogens is 1. The van der Waals surface area contributed by atoms with Crippen molar-refractivity contribution in [1.82, 2.24) is 4.98 Å². The molecular formula is C29H27N3O4. The highest BCUT2D eigenvalue weighted by Gasteiger charge is 2.48. The Morgan fingerprint density at radius 2 is 1.69 bits per heavy atom. The smallest absolute Gasteiger partial charge is 0.300 e. The molecule has 2 fully saturated rings. The minimum absolute atomic E-state index is 0.00815. The van der Waals surface area contributed by atoms with Crippen LogP contribution in [0, 0.1) is 5.92 Å². The van der Waals surface area contributed by atoms with E-state index < -0.39 is 17.7 Å². The molecule has 6 rings (SSSR count). The summed E-state index contributed by atoms with van der Waals surface area (Å²) in [5, 5.41) is 12.1. The van der Waals surface area contributed by atoms with Crippen LogP contribution in [0.2, 0.25) is 0 Å². The van der Waals surface area contributed by atoms with Crippen LogP contribution in [0.3, 0.4) is 0 Å². The molecular weight excluding hydrogens is 454 g/mol. The predicted octanol–water partition coefficient (Wildman–Crippen LogP) is 5.62. The lowest BCUT2D eigenvalue weighted by molar-refractivity contribution is -0.132. The number of rotatable bonds is 4. The fourth-order valence-electron chi connectivity index (χ4n) is 5.32. The number of anilines is 2. The van der Waals surface area contributed by atoms with Crippen molar-refractivity contribution in [3.8, 4) is 0 Å². The number of H-pyrrole nitrogens is 1. The monoisotopic (exact) mass is 481 g/mol. The van der Waals surface area contributed by atoms with Crippen LogP contribution in [0.15, 0.2) is 83.1 Å². The van der Waals surface area contributed by atoms with E-state index in [2.05, 4.69) is 16.8 Å². The molecule has 1 unspecified atom stereocenters. The van der Waals surface area contributed by atoms with Crippen molar-refractivity contribution in [3.63, 3.8) is 0 Å². The van der Waals surface area contributed by atoms with E-state index in [4.69, 9.17) is 4.42 Å². The zero-order valence-electron chi connectivity index (χ0n) is 20.0. The highest BCUT2D eigenvalue weighted by molar-refractivity contribution is 6.51. The number of aliphatic hydroxyl groups is 1.